The van der Waals surface area contributed by atoms with E-state index < -0.39 is 0 Å². The van der Waals surface area contributed by atoms with Crippen LogP contribution >= 0.6 is 15.9 Å². The molecule has 0 saturated heterocycles. The van der Waals surface area contributed by atoms with Crippen molar-refractivity contribution in [2.45, 2.75) is 44.9 Å². The molecule has 0 atom stereocenters. The molecule has 1 aliphatic rings. The molecule has 0 bridgehead atoms. The van der Waals surface area contributed by atoms with E-state index in [2.05, 4.69) is 25.9 Å². The molecule has 0 aliphatic heterocycles. The summed E-state index contributed by atoms with van der Waals surface area (Å²) in [7, 11) is 0. The Morgan fingerprint density at radius 1 is 1.33 bits per heavy atom. The van der Waals surface area contributed by atoms with Crippen molar-refractivity contribution >= 4 is 21.7 Å². The van der Waals surface area contributed by atoms with Crippen LogP contribution in [-0.4, -0.2) is 23.2 Å². The lowest BCUT2D eigenvalue weighted by atomic mass is 10.0. The summed E-state index contributed by atoms with van der Waals surface area (Å²) in [6.45, 7) is 3.37. The zero-order chi connectivity index (χ0) is 13.0. The van der Waals surface area contributed by atoms with E-state index in [-0.39, 0.29) is 0 Å². The first-order valence-electron chi connectivity index (χ1n) is 6.62. The van der Waals surface area contributed by atoms with Gasteiger partial charge in [-0.15, -0.1) is 0 Å². The van der Waals surface area contributed by atoms with Crippen molar-refractivity contribution in [2.24, 2.45) is 0 Å². The van der Waals surface area contributed by atoms with Crippen LogP contribution in [0.5, 0.6) is 0 Å². The van der Waals surface area contributed by atoms with Crippen molar-refractivity contribution in [1.82, 2.24) is 9.97 Å². The predicted octanol–water partition coefficient (Wildman–Crippen LogP) is 3.06. The number of ether oxygens (including phenoxy) is 1. The molecule has 100 valence electrons. The molecule has 0 radical (unpaired) electrons. The first-order chi connectivity index (χ1) is 8.72. The second-order valence-corrected chi connectivity index (χ2v) is 5.45. The second-order valence-electron chi connectivity index (χ2n) is 4.65. The van der Waals surface area contributed by atoms with Gasteiger partial charge < -0.3 is 10.5 Å². The van der Waals surface area contributed by atoms with Gasteiger partial charge in [0.15, 0.2) is 0 Å². The van der Waals surface area contributed by atoms with Gasteiger partial charge in [0.2, 0.25) is 0 Å². The van der Waals surface area contributed by atoms with E-state index >= 15 is 0 Å². The first-order valence-corrected chi connectivity index (χ1v) is 7.41. The smallest absolute Gasteiger partial charge is 0.141 e. The van der Waals surface area contributed by atoms with Crippen LogP contribution in [-0.2, 0) is 11.2 Å². The van der Waals surface area contributed by atoms with E-state index in [0.29, 0.717) is 18.3 Å². The Morgan fingerprint density at radius 3 is 2.72 bits per heavy atom. The van der Waals surface area contributed by atoms with E-state index in [9.17, 15) is 0 Å². The normalized spacial score (nSPS) is 16.3. The van der Waals surface area contributed by atoms with Crippen LogP contribution in [0.1, 0.15) is 50.0 Å². The third kappa shape index (κ3) is 3.20. The second kappa shape index (κ2) is 6.48. The van der Waals surface area contributed by atoms with Gasteiger partial charge in [-0.1, -0.05) is 12.8 Å². The number of aromatic nitrogens is 2. The molecule has 1 saturated carbocycles. The Kier molecular flexibility index (Phi) is 4.95. The SMILES string of the molecule is CCOCCc1nc(N)c(Br)c(C2CCCC2)n1. The number of anilines is 1. The highest BCUT2D eigenvalue weighted by Crippen LogP contribution is 2.38. The first kappa shape index (κ1) is 13.7. The van der Waals surface area contributed by atoms with Gasteiger partial charge in [0.25, 0.3) is 0 Å². The molecule has 0 aromatic carbocycles. The molecule has 1 aromatic heterocycles. The maximum Gasteiger partial charge on any atom is 0.141 e. The molecular weight excluding hydrogens is 294 g/mol. The van der Waals surface area contributed by atoms with Gasteiger partial charge in [-0.25, -0.2) is 9.97 Å². The third-order valence-electron chi connectivity index (χ3n) is 3.36. The van der Waals surface area contributed by atoms with E-state index in [1.165, 1.54) is 25.7 Å². The molecule has 1 aromatic rings. The summed E-state index contributed by atoms with van der Waals surface area (Å²) in [5.41, 5.74) is 7.04. The minimum absolute atomic E-state index is 0.538. The minimum atomic E-state index is 0.538. The van der Waals surface area contributed by atoms with Crippen molar-refractivity contribution in [3.63, 3.8) is 0 Å². The van der Waals surface area contributed by atoms with Gasteiger partial charge in [0.1, 0.15) is 11.6 Å². The van der Waals surface area contributed by atoms with Crippen molar-refractivity contribution in [3.8, 4) is 0 Å². The minimum Gasteiger partial charge on any atom is -0.383 e. The van der Waals surface area contributed by atoms with Crippen LogP contribution in [0.25, 0.3) is 0 Å². The topological polar surface area (TPSA) is 61.0 Å². The van der Waals surface area contributed by atoms with Crippen LogP contribution in [0.4, 0.5) is 5.82 Å². The lowest BCUT2D eigenvalue weighted by Crippen LogP contribution is -2.10. The average molecular weight is 314 g/mol. The van der Waals surface area contributed by atoms with Crippen LogP contribution in [0, 0.1) is 0 Å². The molecule has 1 aliphatic carbocycles. The Morgan fingerprint density at radius 2 is 2.06 bits per heavy atom. The van der Waals surface area contributed by atoms with Crippen molar-refractivity contribution < 1.29 is 4.74 Å². The quantitative estimate of drug-likeness (QED) is 0.849. The highest BCUT2D eigenvalue weighted by Gasteiger charge is 2.23. The third-order valence-corrected chi connectivity index (χ3v) is 4.18. The molecule has 4 nitrogen and oxygen atoms in total. The Balaban J connectivity index is 2.16. The van der Waals surface area contributed by atoms with Gasteiger partial charge in [0, 0.05) is 18.9 Å². The molecule has 18 heavy (non-hydrogen) atoms. The fourth-order valence-electron chi connectivity index (χ4n) is 2.42. The largest absolute Gasteiger partial charge is 0.383 e. The fraction of sp³-hybridized carbons (Fsp3) is 0.692. The molecule has 2 rings (SSSR count). The van der Waals surface area contributed by atoms with E-state index in [1.807, 2.05) is 6.92 Å². The Hall–Kier alpha value is -0.680. The zero-order valence-electron chi connectivity index (χ0n) is 10.8. The van der Waals surface area contributed by atoms with Gasteiger partial charge in [0.05, 0.1) is 16.8 Å². The Bertz CT molecular complexity index is 405. The summed E-state index contributed by atoms with van der Waals surface area (Å²) in [6.07, 6.45) is 5.72. The monoisotopic (exact) mass is 313 g/mol. The maximum absolute atomic E-state index is 5.95. The molecular formula is C13H20BrN3O. The molecule has 1 fully saturated rings. The van der Waals surface area contributed by atoms with Crippen molar-refractivity contribution in [2.75, 3.05) is 18.9 Å². The molecule has 5 heteroatoms. The summed E-state index contributed by atoms with van der Waals surface area (Å²) >= 11 is 3.52. The molecule has 0 spiro atoms. The van der Waals surface area contributed by atoms with Crippen molar-refractivity contribution in [3.05, 3.63) is 16.0 Å². The van der Waals surface area contributed by atoms with Crippen molar-refractivity contribution in [1.29, 1.82) is 0 Å². The summed E-state index contributed by atoms with van der Waals surface area (Å²) in [5.74, 6) is 1.89. The lowest BCUT2D eigenvalue weighted by molar-refractivity contribution is 0.149. The van der Waals surface area contributed by atoms with Crippen LogP contribution < -0.4 is 5.73 Å². The van der Waals surface area contributed by atoms with Gasteiger partial charge in [-0.2, -0.15) is 0 Å². The van der Waals surface area contributed by atoms with E-state index in [0.717, 1.165) is 29.0 Å². The summed E-state index contributed by atoms with van der Waals surface area (Å²) in [4.78, 5) is 8.99. The number of nitrogens with zero attached hydrogens (tertiary/aromatic N) is 2. The summed E-state index contributed by atoms with van der Waals surface area (Å²) in [5, 5.41) is 0. The number of rotatable bonds is 5. The zero-order valence-corrected chi connectivity index (χ0v) is 12.4. The summed E-state index contributed by atoms with van der Waals surface area (Å²) < 4.78 is 6.22. The molecule has 0 unspecified atom stereocenters. The molecule has 0 amide bonds. The van der Waals surface area contributed by atoms with Gasteiger partial charge in [-0.05, 0) is 35.7 Å². The van der Waals surface area contributed by atoms with Crippen LogP contribution in [0.3, 0.4) is 0 Å². The maximum atomic E-state index is 5.95. The van der Waals surface area contributed by atoms with E-state index in [4.69, 9.17) is 10.5 Å². The number of nitrogen functional groups attached to an aromatic ring is 1. The van der Waals surface area contributed by atoms with Gasteiger partial charge >= 0.3 is 0 Å². The van der Waals surface area contributed by atoms with E-state index in [1.54, 1.807) is 0 Å². The Labute approximate surface area is 116 Å². The fourth-order valence-corrected chi connectivity index (χ4v) is 2.92. The van der Waals surface area contributed by atoms with Gasteiger partial charge in [-0.3, -0.25) is 0 Å². The van der Waals surface area contributed by atoms with Crippen LogP contribution in [0.2, 0.25) is 0 Å². The summed E-state index contributed by atoms with van der Waals surface area (Å²) in [6, 6.07) is 0. The average Bonchev–Trinajstić information content (AvgIpc) is 2.87. The standard InChI is InChI=1S/C13H20BrN3O/c1-2-18-8-7-10-16-12(9-5-3-4-6-9)11(14)13(15)17-10/h9H,2-8H2,1H3,(H2,15,16,17). The van der Waals surface area contributed by atoms with Crippen LogP contribution in [0.15, 0.2) is 4.47 Å². The molecule has 1 heterocycles. The highest BCUT2D eigenvalue weighted by atomic mass is 79.9. The molecule has 2 N–H and O–H groups in total. The number of halogens is 1. The number of hydrogen-bond acceptors (Lipinski definition) is 4. The number of hydrogen-bond donors (Lipinski definition) is 1. The highest BCUT2D eigenvalue weighted by molar-refractivity contribution is 9.10. The lowest BCUT2D eigenvalue weighted by Gasteiger charge is -2.13. The number of nitrogens with two attached hydrogens (primary N) is 1. The predicted molar refractivity (Wildman–Crippen MR) is 75.6 cm³/mol.